The van der Waals surface area contributed by atoms with Crippen LogP contribution < -0.4 is 10.2 Å². The summed E-state index contributed by atoms with van der Waals surface area (Å²) in [5, 5.41) is 3.54. The highest BCUT2D eigenvalue weighted by Crippen LogP contribution is 2.44. The van der Waals surface area contributed by atoms with Crippen molar-refractivity contribution in [1.82, 2.24) is 10.2 Å². The van der Waals surface area contributed by atoms with Gasteiger partial charge in [0.15, 0.2) is 0 Å². The Bertz CT molecular complexity index is 573. The van der Waals surface area contributed by atoms with E-state index in [1.807, 2.05) is 0 Å². The van der Waals surface area contributed by atoms with Gasteiger partial charge in [-0.05, 0) is 88.1 Å². The Balaban J connectivity index is 1.31. The topological polar surface area (TPSA) is 18.5 Å². The molecule has 1 aromatic carbocycles. The largest absolute Gasteiger partial charge is 0.369 e. The maximum absolute atomic E-state index is 3.54. The van der Waals surface area contributed by atoms with Gasteiger partial charge in [0.1, 0.15) is 0 Å². The minimum Gasteiger partial charge on any atom is -0.369 e. The molecule has 1 saturated carbocycles. The van der Waals surface area contributed by atoms with E-state index in [0.29, 0.717) is 5.41 Å². The summed E-state index contributed by atoms with van der Waals surface area (Å²) in [5.41, 5.74) is 5.03. The zero-order valence-corrected chi connectivity index (χ0v) is 16.2. The average molecular weight is 342 g/mol. The van der Waals surface area contributed by atoms with E-state index in [1.54, 1.807) is 0 Å². The van der Waals surface area contributed by atoms with Crippen LogP contribution in [0.25, 0.3) is 0 Å². The molecule has 0 unspecified atom stereocenters. The van der Waals surface area contributed by atoms with Crippen molar-refractivity contribution in [1.29, 1.82) is 0 Å². The number of aryl methyl sites for hydroxylation is 1. The van der Waals surface area contributed by atoms with E-state index in [4.69, 9.17) is 0 Å². The summed E-state index contributed by atoms with van der Waals surface area (Å²) in [7, 11) is 0. The molecule has 25 heavy (non-hydrogen) atoms. The van der Waals surface area contributed by atoms with E-state index in [0.717, 1.165) is 6.04 Å². The van der Waals surface area contributed by atoms with Crippen LogP contribution in [0.1, 0.15) is 49.7 Å². The Morgan fingerprint density at radius 1 is 0.920 bits per heavy atom. The van der Waals surface area contributed by atoms with Crippen LogP contribution in [-0.4, -0.2) is 50.2 Å². The molecule has 0 bridgehead atoms. The second-order valence-corrected chi connectivity index (χ2v) is 8.72. The molecule has 138 valence electrons. The molecule has 0 aromatic heterocycles. The highest BCUT2D eigenvalue weighted by Gasteiger charge is 2.38. The van der Waals surface area contributed by atoms with Gasteiger partial charge in [-0.2, -0.15) is 0 Å². The third-order valence-corrected chi connectivity index (χ3v) is 7.43. The van der Waals surface area contributed by atoms with Crippen LogP contribution in [-0.2, 0) is 0 Å². The van der Waals surface area contributed by atoms with Gasteiger partial charge in [0.05, 0.1) is 0 Å². The number of nitrogens with zero attached hydrogens (tertiary/aromatic N) is 2. The van der Waals surface area contributed by atoms with Gasteiger partial charge >= 0.3 is 0 Å². The molecule has 1 spiro atoms. The minimum atomic E-state index is 0.697. The summed E-state index contributed by atoms with van der Waals surface area (Å²) in [6.45, 7) is 11.9. The highest BCUT2D eigenvalue weighted by atomic mass is 15.3. The first-order valence-electron chi connectivity index (χ1n) is 10.4. The number of anilines is 1. The first kappa shape index (κ1) is 17.4. The monoisotopic (exact) mass is 341 g/mol. The lowest BCUT2D eigenvalue weighted by molar-refractivity contribution is 0.0627. The molecule has 3 heteroatoms. The van der Waals surface area contributed by atoms with Gasteiger partial charge in [0, 0.05) is 37.9 Å². The zero-order chi connectivity index (χ0) is 17.3. The van der Waals surface area contributed by atoms with Crippen LogP contribution in [0.4, 0.5) is 5.69 Å². The molecule has 0 radical (unpaired) electrons. The second-order valence-electron chi connectivity index (χ2n) is 8.72. The molecule has 2 heterocycles. The van der Waals surface area contributed by atoms with Crippen LogP contribution in [0.2, 0.25) is 0 Å². The second kappa shape index (κ2) is 7.28. The molecule has 1 aliphatic carbocycles. The zero-order valence-electron chi connectivity index (χ0n) is 16.2. The molecular weight excluding hydrogens is 306 g/mol. The van der Waals surface area contributed by atoms with Crippen LogP contribution in [0, 0.1) is 19.3 Å². The number of piperazine rings is 1. The smallest absolute Gasteiger partial charge is 0.0399 e. The van der Waals surface area contributed by atoms with Gasteiger partial charge in [-0.1, -0.05) is 12.1 Å². The normalized spacial score (nSPS) is 25.4. The van der Waals surface area contributed by atoms with E-state index >= 15 is 0 Å². The number of benzene rings is 1. The van der Waals surface area contributed by atoms with Crippen LogP contribution >= 0.6 is 0 Å². The van der Waals surface area contributed by atoms with Crippen LogP contribution in [0.15, 0.2) is 18.2 Å². The molecule has 1 N–H and O–H groups in total. The van der Waals surface area contributed by atoms with Gasteiger partial charge in [-0.15, -0.1) is 0 Å². The van der Waals surface area contributed by atoms with Gasteiger partial charge in [0.2, 0.25) is 0 Å². The summed E-state index contributed by atoms with van der Waals surface area (Å²) in [6.07, 6.45) is 8.64. The van der Waals surface area contributed by atoms with Crippen molar-refractivity contribution in [3.8, 4) is 0 Å². The average Bonchev–Trinajstić information content (AvgIpc) is 2.66. The summed E-state index contributed by atoms with van der Waals surface area (Å²) < 4.78 is 0. The van der Waals surface area contributed by atoms with Gasteiger partial charge < -0.3 is 10.2 Å². The van der Waals surface area contributed by atoms with Crippen LogP contribution in [0.5, 0.6) is 0 Å². The molecule has 3 nitrogen and oxygen atoms in total. The lowest BCUT2D eigenvalue weighted by Crippen LogP contribution is -2.52. The summed E-state index contributed by atoms with van der Waals surface area (Å²) in [4.78, 5) is 5.41. The Kier molecular flexibility index (Phi) is 5.06. The van der Waals surface area contributed by atoms with E-state index in [-0.39, 0.29) is 0 Å². The summed E-state index contributed by atoms with van der Waals surface area (Å²) >= 11 is 0. The fraction of sp³-hybridized carbons (Fsp3) is 0.727. The summed E-state index contributed by atoms with van der Waals surface area (Å²) in [5.74, 6) is 0. The minimum absolute atomic E-state index is 0.697. The number of hydrogen-bond donors (Lipinski definition) is 1. The van der Waals surface area contributed by atoms with Gasteiger partial charge in [-0.3, -0.25) is 4.90 Å². The highest BCUT2D eigenvalue weighted by molar-refractivity contribution is 5.56. The summed E-state index contributed by atoms with van der Waals surface area (Å²) in [6, 6.07) is 7.60. The van der Waals surface area contributed by atoms with Gasteiger partial charge in [0.25, 0.3) is 0 Å². The Morgan fingerprint density at radius 2 is 1.60 bits per heavy atom. The third-order valence-electron chi connectivity index (χ3n) is 7.43. The van der Waals surface area contributed by atoms with Crippen molar-refractivity contribution >= 4 is 5.69 Å². The molecule has 3 aliphatic rings. The molecule has 0 amide bonds. The SMILES string of the molecule is Cc1cccc(N2CCN(C3CCC4(CCNCC4)CC3)CC2)c1C. The number of piperidine rings is 1. The van der Waals surface area contributed by atoms with Gasteiger partial charge in [-0.25, -0.2) is 0 Å². The maximum atomic E-state index is 3.54. The molecule has 2 aliphatic heterocycles. The Hall–Kier alpha value is -1.06. The predicted octanol–water partition coefficient (Wildman–Crippen LogP) is 3.74. The lowest BCUT2D eigenvalue weighted by atomic mass is 9.67. The Morgan fingerprint density at radius 3 is 2.28 bits per heavy atom. The van der Waals surface area contributed by atoms with Crippen molar-refractivity contribution in [3.63, 3.8) is 0 Å². The molecule has 2 saturated heterocycles. The quantitative estimate of drug-likeness (QED) is 0.884. The van der Waals surface area contributed by atoms with E-state index in [2.05, 4.69) is 47.2 Å². The predicted molar refractivity (Wildman–Crippen MR) is 106 cm³/mol. The fourth-order valence-electron chi connectivity index (χ4n) is 5.44. The van der Waals surface area contributed by atoms with Crippen molar-refractivity contribution in [2.24, 2.45) is 5.41 Å². The molecule has 3 fully saturated rings. The number of nitrogens with one attached hydrogen (secondary N) is 1. The molecular formula is C22H35N3. The van der Waals surface area contributed by atoms with Crippen molar-refractivity contribution in [3.05, 3.63) is 29.3 Å². The third kappa shape index (κ3) is 3.59. The van der Waals surface area contributed by atoms with Crippen molar-refractivity contribution in [2.45, 2.75) is 58.4 Å². The van der Waals surface area contributed by atoms with Crippen molar-refractivity contribution < 1.29 is 0 Å². The lowest BCUT2D eigenvalue weighted by Gasteiger charge is -2.47. The van der Waals surface area contributed by atoms with Crippen LogP contribution in [0.3, 0.4) is 0 Å². The Labute approximate surface area is 153 Å². The number of rotatable bonds is 2. The van der Waals surface area contributed by atoms with Crippen molar-refractivity contribution in [2.75, 3.05) is 44.2 Å². The van der Waals surface area contributed by atoms with E-state index in [9.17, 15) is 0 Å². The first-order valence-corrected chi connectivity index (χ1v) is 10.4. The molecule has 4 rings (SSSR count). The maximum Gasteiger partial charge on any atom is 0.0399 e. The van der Waals surface area contributed by atoms with E-state index < -0.39 is 0 Å². The fourth-order valence-corrected chi connectivity index (χ4v) is 5.44. The molecule has 1 aromatic rings. The van der Waals surface area contributed by atoms with E-state index in [1.165, 1.54) is 94.6 Å². The number of hydrogen-bond acceptors (Lipinski definition) is 3. The molecule has 0 atom stereocenters. The standard InChI is InChI=1S/C22H35N3/c1-18-4-3-5-21(19(18)2)25-16-14-24(15-17-25)20-6-8-22(9-7-20)10-12-23-13-11-22/h3-5,20,23H,6-17H2,1-2H3. The first-order chi connectivity index (χ1) is 12.2.